The second kappa shape index (κ2) is 29.4. The number of hydrogen-bond donors (Lipinski definition) is 0. The number of hydrogen-bond acceptors (Lipinski definition) is 6. The maximum Gasteiger partial charge on any atom is 0.0893 e. The molecular formula is C39H78N6. The standard InChI is InChI=1S/C14H28N2.C13H26N2.C12H24N2/c1-3-5-6-7-8-9-10-11-16-13-12-15(4-2)14-16;1-3-5-6-7-8-9-10-15-12-11-14(4-2)13-15;1-3-5-6-7-8-9-14-11-10-13(4-2)12-14/h12-13H,3-11,14H2,1-2H3;11-12H,3-10,13H2,1-2H3;10-11H,3-9,12H2,1-2H3. The summed E-state index contributed by atoms with van der Waals surface area (Å²) in [5.74, 6) is 0. The monoisotopic (exact) mass is 631 g/mol. The van der Waals surface area contributed by atoms with E-state index in [1.807, 2.05) is 0 Å². The fourth-order valence-electron chi connectivity index (χ4n) is 5.89. The summed E-state index contributed by atoms with van der Waals surface area (Å²) in [4.78, 5) is 14.3. The Hall–Kier alpha value is -1.98. The summed E-state index contributed by atoms with van der Waals surface area (Å²) in [5, 5.41) is 0. The maximum atomic E-state index is 2.43. The highest BCUT2D eigenvalue weighted by molar-refractivity contribution is 4.91. The summed E-state index contributed by atoms with van der Waals surface area (Å²) in [5.41, 5.74) is 0. The lowest BCUT2D eigenvalue weighted by Gasteiger charge is -2.19. The zero-order chi connectivity index (χ0) is 32.8. The summed E-state index contributed by atoms with van der Waals surface area (Å²) >= 11 is 0. The minimum atomic E-state index is 1.10. The zero-order valence-electron chi connectivity index (χ0n) is 31.2. The van der Waals surface area contributed by atoms with E-state index in [9.17, 15) is 0 Å². The fraction of sp³-hybridized carbons (Fsp3) is 0.846. The third-order valence-corrected chi connectivity index (χ3v) is 9.17. The van der Waals surface area contributed by atoms with Crippen molar-refractivity contribution in [3.05, 3.63) is 37.2 Å². The van der Waals surface area contributed by atoms with Crippen LogP contribution in [-0.2, 0) is 0 Å². The van der Waals surface area contributed by atoms with Crippen molar-refractivity contribution in [1.82, 2.24) is 29.4 Å². The van der Waals surface area contributed by atoms with Crippen molar-refractivity contribution in [3.8, 4) is 0 Å². The molecule has 0 amide bonds. The van der Waals surface area contributed by atoms with Gasteiger partial charge in [0.1, 0.15) is 0 Å². The molecule has 3 aliphatic rings. The second-order valence-electron chi connectivity index (χ2n) is 13.3. The van der Waals surface area contributed by atoms with Crippen LogP contribution >= 0.6 is 0 Å². The quantitative estimate of drug-likeness (QED) is 0.0982. The van der Waals surface area contributed by atoms with Gasteiger partial charge in [0, 0.05) is 76.5 Å². The second-order valence-corrected chi connectivity index (χ2v) is 13.3. The molecule has 0 aromatic carbocycles. The van der Waals surface area contributed by atoms with Crippen LogP contribution in [-0.4, -0.2) is 88.7 Å². The molecule has 0 saturated carbocycles. The molecule has 0 aromatic heterocycles. The molecule has 0 aliphatic carbocycles. The Morgan fingerprint density at radius 2 is 0.511 bits per heavy atom. The average Bonchev–Trinajstić information content (AvgIpc) is 3.84. The van der Waals surface area contributed by atoms with Gasteiger partial charge in [0.2, 0.25) is 0 Å². The van der Waals surface area contributed by atoms with Crippen LogP contribution in [0.25, 0.3) is 0 Å². The van der Waals surface area contributed by atoms with Gasteiger partial charge in [0.15, 0.2) is 0 Å². The Labute approximate surface area is 282 Å². The summed E-state index contributed by atoms with van der Waals surface area (Å²) in [6.07, 6.45) is 38.4. The molecule has 3 heterocycles. The van der Waals surface area contributed by atoms with E-state index in [2.05, 4.69) is 108 Å². The molecule has 0 bridgehead atoms. The van der Waals surface area contributed by atoms with Crippen molar-refractivity contribution in [1.29, 1.82) is 0 Å². The Kier molecular flexibility index (Phi) is 26.8. The minimum absolute atomic E-state index is 1.10. The lowest BCUT2D eigenvalue weighted by atomic mass is 10.1. The molecule has 0 spiro atoms. The summed E-state index contributed by atoms with van der Waals surface area (Å²) < 4.78 is 0. The molecule has 0 atom stereocenters. The van der Waals surface area contributed by atoms with Gasteiger partial charge in [-0.2, -0.15) is 0 Å². The Bertz CT molecular complexity index is 722. The van der Waals surface area contributed by atoms with Crippen molar-refractivity contribution in [2.75, 3.05) is 59.3 Å². The molecule has 0 unspecified atom stereocenters. The Balaban J connectivity index is 0.000000338. The molecule has 45 heavy (non-hydrogen) atoms. The van der Waals surface area contributed by atoms with Crippen molar-refractivity contribution in [2.45, 2.75) is 157 Å². The predicted octanol–water partition coefficient (Wildman–Crippen LogP) is 10.2. The third kappa shape index (κ3) is 22.2. The summed E-state index contributed by atoms with van der Waals surface area (Å²) in [6, 6.07) is 0. The molecule has 6 heteroatoms. The minimum Gasteiger partial charge on any atom is -0.359 e. The van der Waals surface area contributed by atoms with E-state index in [-0.39, 0.29) is 0 Å². The van der Waals surface area contributed by atoms with Crippen molar-refractivity contribution < 1.29 is 0 Å². The highest BCUT2D eigenvalue weighted by atomic mass is 15.3. The van der Waals surface area contributed by atoms with Crippen molar-refractivity contribution in [3.63, 3.8) is 0 Å². The molecule has 3 rings (SSSR count). The first-order valence-corrected chi connectivity index (χ1v) is 19.6. The lowest BCUT2D eigenvalue weighted by molar-refractivity contribution is 0.268. The Morgan fingerprint density at radius 3 is 0.733 bits per heavy atom. The van der Waals surface area contributed by atoms with Gasteiger partial charge in [-0.3, -0.25) is 0 Å². The van der Waals surface area contributed by atoms with E-state index in [0.29, 0.717) is 0 Å². The highest BCUT2D eigenvalue weighted by Crippen LogP contribution is 2.12. The van der Waals surface area contributed by atoms with Crippen LogP contribution in [0.4, 0.5) is 0 Å². The third-order valence-electron chi connectivity index (χ3n) is 9.17. The van der Waals surface area contributed by atoms with Gasteiger partial charge in [0.25, 0.3) is 0 Å². The van der Waals surface area contributed by atoms with Crippen LogP contribution in [0.2, 0.25) is 0 Å². The summed E-state index contributed by atoms with van der Waals surface area (Å²) in [6.45, 7) is 23.8. The molecule has 264 valence electrons. The molecule has 0 N–H and O–H groups in total. The maximum absolute atomic E-state index is 2.43. The molecule has 3 aliphatic heterocycles. The molecule has 6 nitrogen and oxygen atoms in total. The van der Waals surface area contributed by atoms with E-state index in [1.165, 1.54) is 135 Å². The van der Waals surface area contributed by atoms with Gasteiger partial charge in [-0.25, -0.2) is 0 Å². The first kappa shape index (κ1) is 41.0. The SMILES string of the molecule is CCCCCCCCCN1C=CN(CC)C1.CCCCCCCCN1C=CN(CC)C1.CCCCCCCN1C=CN(CC)C1. The van der Waals surface area contributed by atoms with E-state index in [1.54, 1.807) is 0 Å². The predicted molar refractivity (Wildman–Crippen MR) is 199 cm³/mol. The molecule has 0 aromatic rings. The largest absolute Gasteiger partial charge is 0.359 e. The van der Waals surface area contributed by atoms with Gasteiger partial charge in [-0.15, -0.1) is 0 Å². The normalized spacial score (nSPS) is 15.3. The molecule has 0 radical (unpaired) electrons. The molecule has 0 fully saturated rings. The van der Waals surface area contributed by atoms with Gasteiger partial charge in [0.05, 0.1) is 20.0 Å². The zero-order valence-corrected chi connectivity index (χ0v) is 31.2. The van der Waals surface area contributed by atoms with Gasteiger partial charge in [-0.05, 0) is 40.0 Å². The summed E-state index contributed by atoms with van der Waals surface area (Å²) in [7, 11) is 0. The smallest absolute Gasteiger partial charge is 0.0893 e. The Morgan fingerprint density at radius 1 is 0.289 bits per heavy atom. The number of unbranched alkanes of at least 4 members (excludes halogenated alkanes) is 15. The highest BCUT2D eigenvalue weighted by Gasteiger charge is 2.10. The lowest BCUT2D eigenvalue weighted by Crippen LogP contribution is -2.25. The van der Waals surface area contributed by atoms with E-state index in [0.717, 1.165) is 39.6 Å². The molecular weight excluding hydrogens is 552 g/mol. The van der Waals surface area contributed by atoms with E-state index < -0.39 is 0 Å². The van der Waals surface area contributed by atoms with Crippen LogP contribution in [0.1, 0.15) is 157 Å². The fourth-order valence-corrected chi connectivity index (χ4v) is 5.89. The van der Waals surface area contributed by atoms with E-state index in [4.69, 9.17) is 0 Å². The van der Waals surface area contributed by atoms with Gasteiger partial charge < -0.3 is 29.4 Å². The number of nitrogens with zero attached hydrogens (tertiary/aromatic N) is 6. The van der Waals surface area contributed by atoms with Crippen molar-refractivity contribution >= 4 is 0 Å². The van der Waals surface area contributed by atoms with Crippen LogP contribution in [0.5, 0.6) is 0 Å². The van der Waals surface area contributed by atoms with Crippen LogP contribution in [0.3, 0.4) is 0 Å². The average molecular weight is 631 g/mol. The van der Waals surface area contributed by atoms with Crippen LogP contribution < -0.4 is 0 Å². The molecule has 0 saturated heterocycles. The van der Waals surface area contributed by atoms with Crippen LogP contribution in [0, 0.1) is 0 Å². The topological polar surface area (TPSA) is 19.4 Å². The van der Waals surface area contributed by atoms with Gasteiger partial charge in [-0.1, -0.05) is 117 Å². The van der Waals surface area contributed by atoms with Gasteiger partial charge >= 0.3 is 0 Å². The van der Waals surface area contributed by atoms with Crippen LogP contribution in [0.15, 0.2) is 37.2 Å². The van der Waals surface area contributed by atoms with E-state index >= 15 is 0 Å². The van der Waals surface area contributed by atoms with Crippen molar-refractivity contribution in [2.24, 2.45) is 0 Å². The number of rotatable bonds is 24. The first-order chi connectivity index (χ1) is 22.1. The first-order valence-electron chi connectivity index (χ1n) is 19.6.